The van der Waals surface area contributed by atoms with Crippen LogP contribution < -0.4 is 4.74 Å². The van der Waals surface area contributed by atoms with Crippen molar-refractivity contribution in [1.82, 2.24) is 0 Å². The van der Waals surface area contributed by atoms with Gasteiger partial charge >= 0.3 is 0 Å². The van der Waals surface area contributed by atoms with Crippen molar-refractivity contribution in [1.29, 1.82) is 5.26 Å². The highest BCUT2D eigenvalue weighted by molar-refractivity contribution is 6.30. The van der Waals surface area contributed by atoms with Crippen LogP contribution in [0.3, 0.4) is 0 Å². The molecule has 0 N–H and O–H groups in total. The van der Waals surface area contributed by atoms with Crippen molar-refractivity contribution in [3.8, 4) is 11.8 Å². The second kappa shape index (κ2) is 3.27. The molecule has 0 amide bonds. The molecular formula is C10H8ClNO. The average molecular weight is 194 g/mol. The van der Waals surface area contributed by atoms with E-state index >= 15 is 0 Å². The lowest BCUT2D eigenvalue weighted by molar-refractivity contribution is 0.225. The summed E-state index contributed by atoms with van der Waals surface area (Å²) in [4.78, 5) is 0. The van der Waals surface area contributed by atoms with Crippen molar-refractivity contribution in [3.05, 3.63) is 28.8 Å². The highest BCUT2D eigenvalue weighted by Gasteiger charge is 2.18. The summed E-state index contributed by atoms with van der Waals surface area (Å²) in [6, 6.07) is 7.66. The van der Waals surface area contributed by atoms with Gasteiger partial charge in [0, 0.05) is 11.4 Å². The van der Waals surface area contributed by atoms with Crippen molar-refractivity contribution >= 4 is 11.6 Å². The minimum Gasteiger partial charge on any atom is -0.475 e. The highest BCUT2D eigenvalue weighted by Crippen LogP contribution is 2.29. The van der Waals surface area contributed by atoms with Gasteiger partial charge in [0.15, 0.2) is 6.10 Å². The van der Waals surface area contributed by atoms with E-state index < -0.39 is 0 Å². The number of aryl methyl sites for hydroxylation is 1. The molecule has 1 heterocycles. The van der Waals surface area contributed by atoms with Crippen LogP contribution in [0.5, 0.6) is 5.75 Å². The molecule has 1 unspecified atom stereocenters. The van der Waals surface area contributed by atoms with Gasteiger partial charge in [0.1, 0.15) is 11.8 Å². The van der Waals surface area contributed by atoms with Gasteiger partial charge in [-0.2, -0.15) is 5.26 Å². The Balaban J connectivity index is 2.34. The standard InChI is InChI=1S/C10H8ClNO/c11-8-3-1-7-2-4-9(6-12)13-10(7)5-8/h1,3,5,9H,2,4H2. The van der Waals surface area contributed by atoms with Crippen molar-refractivity contribution in [2.24, 2.45) is 0 Å². The predicted octanol–water partition coefficient (Wildman–Crippen LogP) is 2.56. The van der Waals surface area contributed by atoms with Crippen LogP contribution in [0.25, 0.3) is 0 Å². The first-order valence-corrected chi connectivity index (χ1v) is 4.52. The molecule has 1 aliphatic rings. The monoisotopic (exact) mass is 193 g/mol. The summed E-state index contributed by atoms with van der Waals surface area (Å²) in [5, 5.41) is 9.33. The number of hydrogen-bond donors (Lipinski definition) is 0. The molecule has 66 valence electrons. The zero-order valence-corrected chi connectivity index (χ0v) is 7.71. The van der Waals surface area contributed by atoms with Gasteiger partial charge in [-0.05, 0) is 24.1 Å². The molecule has 0 radical (unpaired) electrons. The summed E-state index contributed by atoms with van der Waals surface area (Å²) in [7, 11) is 0. The first-order chi connectivity index (χ1) is 6.29. The summed E-state index contributed by atoms with van der Waals surface area (Å²) in [5.74, 6) is 0.755. The van der Waals surface area contributed by atoms with E-state index in [1.807, 2.05) is 12.1 Å². The third kappa shape index (κ3) is 1.61. The SMILES string of the molecule is N#CC1CCc2ccc(Cl)cc2O1. The molecule has 1 aliphatic heterocycles. The van der Waals surface area contributed by atoms with Crippen molar-refractivity contribution in [2.45, 2.75) is 18.9 Å². The van der Waals surface area contributed by atoms with Gasteiger partial charge in [-0.3, -0.25) is 0 Å². The van der Waals surface area contributed by atoms with Crippen LogP contribution in [0.1, 0.15) is 12.0 Å². The summed E-state index contributed by atoms with van der Waals surface area (Å²) in [6.45, 7) is 0. The Hall–Kier alpha value is -1.20. The first kappa shape index (κ1) is 8.40. The maximum atomic E-state index is 8.68. The van der Waals surface area contributed by atoms with Gasteiger partial charge in [0.2, 0.25) is 0 Å². The van der Waals surface area contributed by atoms with E-state index in [-0.39, 0.29) is 6.10 Å². The second-order valence-corrected chi connectivity index (χ2v) is 3.46. The van der Waals surface area contributed by atoms with Gasteiger partial charge in [-0.25, -0.2) is 0 Å². The Morgan fingerprint density at radius 3 is 3.15 bits per heavy atom. The number of nitrogens with zero attached hydrogens (tertiary/aromatic N) is 1. The lowest BCUT2D eigenvalue weighted by atomic mass is 10.0. The molecule has 2 rings (SSSR count). The normalized spacial score (nSPS) is 19.8. The fraction of sp³-hybridized carbons (Fsp3) is 0.300. The largest absolute Gasteiger partial charge is 0.475 e. The number of nitriles is 1. The molecule has 13 heavy (non-hydrogen) atoms. The summed E-state index contributed by atoms with van der Waals surface area (Å²) >= 11 is 5.80. The van der Waals surface area contributed by atoms with E-state index in [0.29, 0.717) is 5.02 Å². The van der Waals surface area contributed by atoms with Crippen molar-refractivity contribution in [3.63, 3.8) is 0 Å². The molecule has 1 aromatic rings. The lowest BCUT2D eigenvalue weighted by Crippen LogP contribution is -2.20. The zero-order chi connectivity index (χ0) is 9.26. The van der Waals surface area contributed by atoms with Crippen LogP contribution in [-0.2, 0) is 6.42 Å². The minimum atomic E-state index is -0.314. The van der Waals surface area contributed by atoms with Gasteiger partial charge < -0.3 is 4.74 Å². The number of benzene rings is 1. The number of fused-ring (bicyclic) bond motifs is 1. The molecule has 2 nitrogen and oxygen atoms in total. The van der Waals surface area contributed by atoms with Crippen LogP contribution in [0.15, 0.2) is 18.2 Å². The summed E-state index contributed by atoms with van der Waals surface area (Å²) in [6.07, 6.45) is 1.35. The molecule has 0 spiro atoms. The fourth-order valence-corrected chi connectivity index (χ4v) is 1.60. The topological polar surface area (TPSA) is 33.0 Å². The third-order valence-corrected chi connectivity index (χ3v) is 2.35. The third-order valence-electron chi connectivity index (χ3n) is 2.12. The van der Waals surface area contributed by atoms with Crippen LogP contribution >= 0.6 is 11.6 Å². The molecular weight excluding hydrogens is 186 g/mol. The maximum absolute atomic E-state index is 8.68. The second-order valence-electron chi connectivity index (χ2n) is 3.03. The highest BCUT2D eigenvalue weighted by atomic mass is 35.5. The van der Waals surface area contributed by atoms with Crippen LogP contribution in [0.4, 0.5) is 0 Å². The van der Waals surface area contributed by atoms with Crippen LogP contribution in [0.2, 0.25) is 5.02 Å². The van der Waals surface area contributed by atoms with E-state index in [4.69, 9.17) is 21.6 Å². The van der Waals surface area contributed by atoms with Gasteiger partial charge in [0.25, 0.3) is 0 Å². The van der Waals surface area contributed by atoms with Gasteiger partial charge in [-0.1, -0.05) is 17.7 Å². The first-order valence-electron chi connectivity index (χ1n) is 4.14. The Bertz CT molecular complexity index is 370. The molecule has 0 aliphatic carbocycles. The molecule has 0 bridgehead atoms. The molecule has 3 heteroatoms. The van der Waals surface area contributed by atoms with E-state index in [9.17, 15) is 0 Å². The fourth-order valence-electron chi connectivity index (χ4n) is 1.43. The molecule has 0 fully saturated rings. The number of rotatable bonds is 0. The molecule has 0 saturated heterocycles. The zero-order valence-electron chi connectivity index (χ0n) is 6.96. The predicted molar refractivity (Wildman–Crippen MR) is 49.8 cm³/mol. The van der Waals surface area contributed by atoms with Crippen molar-refractivity contribution in [2.75, 3.05) is 0 Å². The quantitative estimate of drug-likeness (QED) is 0.635. The van der Waals surface area contributed by atoms with E-state index in [2.05, 4.69) is 6.07 Å². The number of halogens is 1. The molecule has 1 aromatic carbocycles. The summed E-state index contributed by atoms with van der Waals surface area (Å²) in [5.41, 5.74) is 1.14. The Kier molecular flexibility index (Phi) is 2.12. The number of hydrogen-bond acceptors (Lipinski definition) is 2. The summed E-state index contributed by atoms with van der Waals surface area (Å²) < 4.78 is 5.42. The van der Waals surface area contributed by atoms with E-state index in [0.717, 1.165) is 24.2 Å². The maximum Gasteiger partial charge on any atom is 0.184 e. The lowest BCUT2D eigenvalue weighted by Gasteiger charge is -2.21. The molecule has 0 aromatic heterocycles. The number of ether oxygens (including phenoxy) is 1. The van der Waals surface area contributed by atoms with E-state index in [1.165, 1.54) is 0 Å². The molecule has 1 atom stereocenters. The minimum absolute atomic E-state index is 0.314. The Morgan fingerprint density at radius 1 is 1.54 bits per heavy atom. The van der Waals surface area contributed by atoms with Crippen LogP contribution in [0, 0.1) is 11.3 Å². The van der Waals surface area contributed by atoms with Crippen LogP contribution in [-0.4, -0.2) is 6.10 Å². The van der Waals surface area contributed by atoms with Gasteiger partial charge in [0.05, 0.1) is 0 Å². The van der Waals surface area contributed by atoms with Crippen molar-refractivity contribution < 1.29 is 4.74 Å². The Morgan fingerprint density at radius 2 is 2.38 bits per heavy atom. The molecule has 0 saturated carbocycles. The van der Waals surface area contributed by atoms with E-state index in [1.54, 1.807) is 6.07 Å². The Labute approximate surface area is 81.7 Å². The smallest absolute Gasteiger partial charge is 0.184 e. The van der Waals surface area contributed by atoms with Gasteiger partial charge in [-0.15, -0.1) is 0 Å². The average Bonchev–Trinajstić information content (AvgIpc) is 2.16.